The minimum Gasteiger partial charge on any atom is -0.463 e. The molecule has 3 atom stereocenters. The Morgan fingerprint density at radius 3 is 2.95 bits per heavy atom. The zero-order chi connectivity index (χ0) is 14.9. The molecule has 1 N–H and O–H groups in total. The van der Waals surface area contributed by atoms with Gasteiger partial charge in [-0.1, -0.05) is 0 Å². The average Bonchev–Trinajstić information content (AvgIpc) is 2.72. The molecule has 0 spiro atoms. The van der Waals surface area contributed by atoms with E-state index in [-0.39, 0.29) is 13.0 Å². The van der Waals surface area contributed by atoms with Gasteiger partial charge in [0, 0.05) is 25.1 Å². The maximum Gasteiger partial charge on any atom is 0.330 e. The molecule has 1 aromatic heterocycles. The van der Waals surface area contributed by atoms with Crippen molar-refractivity contribution in [2.75, 3.05) is 6.61 Å². The number of carbonyl (C=O) groups excluding carboxylic acids is 1. The highest BCUT2D eigenvalue weighted by molar-refractivity contribution is 5.65. The van der Waals surface area contributed by atoms with E-state index in [1.807, 2.05) is 0 Å². The molecular formula is C12H15FN2O5. The van der Waals surface area contributed by atoms with Crippen LogP contribution in [0.5, 0.6) is 0 Å². The van der Waals surface area contributed by atoms with Crippen molar-refractivity contribution < 1.29 is 18.7 Å². The quantitative estimate of drug-likeness (QED) is 0.792. The van der Waals surface area contributed by atoms with Gasteiger partial charge in [0.1, 0.15) is 25.1 Å². The van der Waals surface area contributed by atoms with Crippen LogP contribution in [0, 0.1) is 6.92 Å². The van der Waals surface area contributed by atoms with Crippen molar-refractivity contribution in [2.24, 2.45) is 0 Å². The molecule has 20 heavy (non-hydrogen) atoms. The summed E-state index contributed by atoms with van der Waals surface area (Å²) >= 11 is 0. The number of rotatable bonds is 3. The van der Waals surface area contributed by atoms with E-state index in [9.17, 15) is 18.8 Å². The first-order valence-corrected chi connectivity index (χ1v) is 6.13. The monoisotopic (exact) mass is 286 g/mol. The van der Waals surface area contributed by atoms with Crippen LogP contribution in [0.3, 0.4) is 0 Å². The molecule has 0 saturated carbocycles. The number of ether oxygens (including phenoxy) is 2. The number of aryl methyl sites for hydroxylation is 1. The minimum atomic E-state index is -1.35. The van der Waals surface area contributed by atoms with Crippen LogP contribution in [0.25, 0.3) is 0 Å². The van der Waals surface area contributed by atoms with Crippen molar-refractivity contribution in [1.82, 2.24) is 9.55 Å². The smallest absolute Gasteiger partial charge is 0.330 e. The molecule has 8 heteroatoms. The van der Waals surface area contributed by atoms with Crippen molar-refractivity contribution in [2.45, 2.75) is 38.8 Å². The number of halogens is 1. The second-order valence-electron chi connectivity index (χ2n) is 4.66. The Hall–Kier alpha value is -1.96. The molecule has 1 aliphatic heterocycles. The summed E-state index contributed by atoms with van der Waals surface area (Å²) in [7, 11) is 0. The molecule has 0 radical (unpaired) electrons. The molecule has 7 nitrogen and oxygen atoms in total. The first-order valence-electron chi connectivity index (χ1n) is 6.13. The Morgan fingerprint density at radius 2 is 2.30 bits per heavy atom. The molecule has 1 aliphatic rings. The standard InChI is InChI=1S/C12H15FN2O5/c1-6-4-15(12(18)14-11(6)17)10-3-8(13)9(20-10)5-19-7(2)16/h4,8-10H,3,5H2,1-2H3,(H,14,17,18)/t8?,9-,10-/m1/s1. The summed E-state index contributed by atoms with van der Waals surface area (Å²) in [6, 6.07) is 0. The van der Waals surface area contributed by atoms with Crippen LogP contribution >= 0.6 is 0 Å². The van der Waals surface area contributed by atoms with Gasteiger partial charge in [0.2, 0.25) is 0 Å². The van der Waals surface area contributed by atoms with Gasteiger partial charge in [-0.3, -0.25) is 19.1 Å². The second kappa shape index (κ2) is 5.58. The molecule has 1 saturated heterocycles. The van der Waals surface area contributed by atoms with Gasteiger partial charge in [-0.05, 0) is 6.92 Å². The summed E-state index contributed by atoms with van der Waals surface area (Å²) in [6.45, 7) is 2.55. The molecule has 1 aromatic rings. The highest BCUT2D eigenvalue weighted by Gasteiger charge is 2.37. The zero-order valence-electron chi connectivity index (χ0n) is 11.1. The SMILES string of the molecule is CC(=O)OC[C@H]1O[C@@H](n2cc(C)c(=O)[nH]c2=O)CC1F. The number of aromatic amines is 1. The van der Waals surface area contributed by atoms with E-state index in [1.54, 1.807) is 0 Å². The number of hydrogen-bond acceptors (Lipinski definition) is 5. The van der Waals surface area contributed by atoms with Crippen molar-refractivity contribution in [3.05, 3.63) is 32.6 Å². The zero-order valence-corrected chi connectivity index (χ0v) is 11.1. The van der Waals surface area contributed by atoms with Gasteiger partial charge in [-0.2, -0.15) is 0 Å². The maximum absolute atomic E-state index is 13.8. The number of carbonyl (C=O) groups is 1. The van der Waals surface area contributed by atoms with Crippen molar-refractivity contribution in [3.63, 3.8) is 0 Å². The van der Waals surface area contributed by atoms with Crippen LogP contribution in [0.1, 0.15) is 25.1 Å². The highest BCUT2D eigenvalue weighted by atomic mass is 19.1. The average molecular weight is 286 g/mol. The van der Waals surface area contributed by atoms with E-state index in [0.29, 0.717) is 5.56 Å². The fraction of sp³-hybridized carbons (Fsp3) is 0.583. The third kappa shape index (κ3) is 2.96. The molecule has 2 rings (SSSR count). The fourth-order valence-electron chi connectivity index (χ4n) is 2.01. The van der Waals surface area contributed by atoms with E-state index >= 15 is 0 Å². The van der Waals surface area contributed by atoms with Gasteiger partial charge in [0.25, 0.3) is 5.56 Å². The lowest BCUT2D eigenvalue weighted by atomic mass is 10.2. The Balaban J connectivity index is 2.16. The van der Waals surface area contributed by atoms with E-state index < -0.39 is 35.7 Å². The Bertz CT molecular complexity index is 623. The molecule has 0 aliphatic carbocycles. The van der Waals surface area contributed by atoms with Gasteiger partial charge >= 0.3 is 11.7 Å². The molecule has 0 amide bonds. The first-order chi connectivity index (χ1) is 9.38. The van der Waals surface area contributed by atoms with Crippen molar-refractivity contribution >= 4 is 5.97 Å². The largest absolute Gasteiger partial charge is 0.463 e. The predicted molar refractivity (Wildman–Crippen MR) is 66.1 cm³/mol. The number of nitrogens with zero attached hydrogens (tertiary/aromatic N) is 1. The minimum absolute atomic E-state index is 0.0443. The van der Waals surface area contributed by atoms with E-state index in [2.05, 4.69) is 4.98 Å². The molecule has 1 unspecified atom stereocenters. The van der Waals surface area contributed by atoms with Crippen LogP contribution in [0.2, 0.25) is 0 Å². The van der Waals surface area contributed by atoms with Crippen molar-refractivity contribution in [1.29, 1.82) is 0 Å². The number of alkyl halides is 1. The van der Waals surface area contributed by atoms with Gasteiger partial charge in [0.05, 0.1) is 0 Å². The lowest BCUT2D eigenvalue weighted by molar-refractivity contribution is -0.146. The molecule has 110 valence electrons. The van der Waals surface area contributed by atoms with Crippen LogP contribution < -0.4 is 11.2 Å². The number of hydrogen-bond donors (Lipinski definition) is 1. The topological polar surface area (TPSA) is 90.4 Å². The van der Waals surface area contributed by atoms with Crippen LogP contribution in [-0.4, -0.2) is 34.4 Å². The molecule has 0 bridgehead atoms. The lowest BCUT2D eigenvalue weighted by Crippen LogP contribution is -2.33. The summed E-state index contributed by atoms with van der Waals surface area (Å²) < 4.78 is 25.0. The number of esters is 1. The predicted octanol–water partition coefficient (Wildman–Crippen LogP) is 0.0337. The molecule has 0 aromatic carbocycles. The lowest BCUT2D eigenvalue weighted by Gasteiger charge is -2.15. The summed E-state index contributed by atoms with van der Waals surface area (Å²) in [4.78, 5) is 35.8. The van der Waals surface area contributed by atoms with E-state index in [4.69, 9.17) is 9.47 Å². The number of aromatic nitrogens is 2. The third-order valence-corrected chi connectivity index (χ3v) is 3.07. The van der Waals surface area contributed by atoms with E-state index in [0.717, 1.165) is 4.57 Å². The third-order valence-electron chi connectivity index (χ3n) is 3.07. The Labute approximate surface area is 113 Å². The number of nitrogens with one attached hydrogen (secondary N) is 1. The normalized spacial score (nSPS) is 25.6. The van der Waals surface area contributed by atoms with Crippen LogP contribution in [-0.2, 0) is 14.3 Å². The molecule has 2 heterocycles. The van der Waals surface area contributed by atoms with Gasteiger partial charge < -0.3 is 9.47 Å². The van der Waals surface area contributed by atoms with Gasteiger partial charge in [-0.25, -0.2) is 9.18 Å². The fourth-order valence-corrected chi connectivity index (χ4v) is 2.01. The first kappa shape index (κ1) is 14.4. The summed E-state index contributed by atoms with van der Waals surface area (Å²) in [5.74, 6) is -0.527. The number of H-pyrrole nitrogens is 1. The van der Waals surface area contributed by atoms with Crippen LogP contribution in [0.4, 0.5) is 4.39 Å². The van der Waals surface area contributed by atoms with Gasteiger partial charge in [-0.15, -0.1) is 0 Å². The Kier molecular flexibility index (Phi) is 4.03. The second-order valence-corrected chi connectivity index (χ2v) is 4.66. The molecular weight excluding hydrogens is 271 g/mol. The summed E-state index contributed by atoms with van der Waals surface area (Å²) in [6.07, 6.45) is -1.81. The van der Waals surface area contributed by atoms with Crippen molar-refractivity contribution in [3.8, 4) is 0 Å². The highest BCUT2D eigenvalue weighted by Crippen LogP contribution is 2.30. The van der Waals surface area contributed by atoms with E-state index in [1.165, 1.54) is 20.0 Å². The van der Waals surface area contributed by atoms with Crippen LogP contribution in [0.15, 0.2) is 15.8 Å². The Morgan fingerprint density at radius 1 is 1.60 bits per heavy atom. The molecule has 1 fully saturated rings. The maximum atomic E-state index is 13.8. The summed E-state index contributed by atoms with van der Waals surface area (Å²) in [5, 5.41) is 0. The summed E-state index contributed by atoms with van der Waals surface area (Å²) in [5.41, 5.74) is -0.824. The van der Waals surface area contributed by atoms with Gasteiger partial charge in [0.15, 0.2) is 0 Å².